The van der Waals surface area contributed by atoms with Crippen molar-refractivity contribution in [2.75, 3.05) is 18.0 Å². The molecule has 0 spiro atoms. The fourth-order valence-corrected chi connectivity index (χ4v) is 4.38. The lowest BCUT2D eigenvalue weighted by Crippen LogP contribution is -2.28. The lowest BCUT2D eigenvalue weighted by molar-refractivity contribution is 0.643. The minimum Gasteiger partial charge on any atom is -0.345 e. The Bertz CT molecular complexity index is 439. The molecule has 1 aromatic rings. The van der Waals surface area contributed by atoms with Crippen molar-refractivity contribution in [2.45, 2.75) is 70.9 Å². The second-order valence-corrected chi connectivity index (χ2v) is 7.22. The van der Waals surface area contributed by atoms with Crippen LogP contribution in [0.1, 0.15) is 68.9 Å². The topological polar surface area (TPSA) is 28.2 Å². The molecular formula is C16H27N3S. The third-order valence-corrected chi connectivity index (χ3v) is 5.59. The number of hydrogen-bond acceptors (Lipinski definition) is 4. The Kier molecular flexibility index (Phi) is 4.61. The molecule has 0 bridgehead atoms. The maximum atomic E-state index is 5.04. The van der Waals surface area contributed by atoms with Gasteiger partial charge >= 0.3 is 0 Å². The molecule has 1 aliphatic carbocycles. The Morgan fingerprint density at radius 2 is 2.15 bits per heavy atom. The van der Waals surface area contributed by atoms with Gasteiger partial charge in [-0.05, 0) is 45.1 Å². The van der Waals surface area contributed by atoms with Gasteiger partial charge in [-0.2, -0.15) is 0 Å². The summed E-state index contributed by atoms with van der Waals surface area (Å²) in [5.74, 6) is 0.765. The Hall–Kier alpha value is -0.610. The SMILES string of the molecule is CCCNCc1sc(N2CCCC2CC)nc1C1CC1. The van der Waals surface area contributed by atoms with Gasteiger partial charge < -0.3 is 10.2 Å². The van der Waals surface area contributed by atoms with Crippen molar-refractivity contribution in [2.24, 2.45) is 0 Å². The van der Waals surface area contributed by atoms with E-state index in [1.54, 1.807) is 0 Å². The standard InChI is InChI=1S/C16H27N3S/c1-3-9-17-11-14-15(12-7-8-12)18-16(20-14)19-10-5-6-13(19)4-2/h12-13,17H,3-11H2,1-2H3. The normalized spacial score (nSPS) is 22.7. The lowest BCUT2D eigenvalue weighted by Gasteiger charge is -2.22. The van der Waals surface area contributed by atoms with E-state index in [0.29, 0.717) is 0 Å². The summed E-state index contributed by atoms with van der Waals surface area (Å²) in [7, 11) is 0. The van der Waals surface area contributed by atoms with Crippen molar-refractivity contribution in [1.82, 2.24) is 10.3 Å². The maximum Gasteiger partial charge on any atom is 0.186 e. The third-order valence-electron chi connectivity index (χ3n) is 4.49. The molecule has 3 nitrogen and oxygen atoms in total. The van der Waals surface area contributed by atoms with E-state index in [2.05, 4.69) is 24.1 Å². The van der Waals surface area contributed by atoms with Gasteiger partial charge in [0.15, 0.2) is 5.13 Å². The molecule has 112 valence electrons. The van der Waals surface area contributed by atoms with Crippen molar-refractivity contribution < 1.29 is 0 Å². The number of hydrogen-bond donors (Lipinski definition) is 1. The maximum absolute atomic E-state index is 5.04. The quantitative estimate of drug-likeness (QED) is 0.773. The van der Waals surface area contributed by atoms with Gasteiger partial charge in [0.05, 0.1) is 5.69 Å². The molecule has 0 amide bonds. The van der Waals surface area contributed by atoms with E-state index < -0.39 is 0 Å². The average Bonchev–Trinajstić information content (AvgIpc) is 3.04. The smallest absolute Gasteiger partial charge is 0.186 e. The van der Waals surface area contributed by atoms with E-state index in [4.69, 9.17) is 4.98 Å². The van der Waals surface area contributed by atoms with Crippen LogP contribution in [0.2, 0.25) is 0 Å². The van der Waals surface area contributed by atoms with Crippen molar-refractivity contribution >= 4 is 16.5 Å². The average molecular weight is 293 g/mol. The van der Waals surface area contributed by atoms with Crippen LogP contribution in [0.25, 0.3) is 0 Å². The van der Waals surface area contributed by atoms with Crippen LogP contribution < -0.4 is 10.2 Å². The monoisotopic (exact) mass is 293 g/mol. The van der Waals surface area contributed by atoms with Gasteiger partial charge in [0.25, 0.3) is 0 Å². The zero-order valence-corrected chi connectivity index (χ0v) is 13.6. The molecular weight excluding hydrogens is 266 g/mol. The largest absolute Gasteiger partial charge is 0.345 e. The van der Waals surface area contributed by atoms with Crippen LogP contribution in [-0.4, -0.2) is 24.1 Å². The first-order valence-electron chi connectivity index (χ1n) is 8.30. The van der Waals surface area contributed by atoms with Gasteiger partial charge in [-0.1, -0.05) is 13.8 Å². The number of nitrogens with one attached hydrogen (secondary N) is 1. The molecule has 0 radical (unpaired) electrons. The minimum absolute atomic E-state index is 0.727. The molecule has 20 heavy (non-hydrogen) atoms. The van der Waals surface area contributed by atoms with E-state index in [9.17, 15) is 0 Å². The van der Waals surface area contributed by atoms with Crippen LogP contribution in [0.15, 0.2) is 0 Å². The number of nitrogens with zero attached hydrogens (tertiary/aromatic N) is 2. The first-order valence-corrected chi connectivity index (χ1v) is 9.12. The van der Waals surface area contributed by atoms with Crippen molar-refractivity contribution in [3.8, 4) is 0 Å². The Morgan fingerprint density at radius 1 is 1.30 bits per heavy atom. The van der Waals surface area contributed by atoms with Crippen LogP contribution in [0.4, 0.5) is 5.13 Å². The predicted molar refractivity (Wildman–Crippen MR) is 86.7 cm³/mol. The molecule has 2 aliphatic rings. The second kappa shape index (κ2) is 6.44. The number of rotatable bonds is 7. The molecule has 3 rings (SSSR count). The molecule has 1 aliphatic heterocycles. The van der Waals surface area contributed by atoms with Crippen molar-refractivity contribution in [1.29, 1.82) is 0 Å². The first kappa shape index (κ1) is 14.3. The van der Waals surface area contributed by atoms with Gasteiger partial charge in [-0.15, -0.1) is 11.3 Å². The van der Waals surface area contributed by atoms with Crippen LogP contribution in [0.5, 0.6) is 0 Å². The molecule has 1 aromatic heterocycles. The molecule has 0 aromatic carbocycles. The fraction of sp³-hybridized carbons (Fsp3) is 0.812. The summed E-state index contributed by atoms with van der Waals surface area (Å²) >= 11 is 1.95. The summed E-state index contributed by atoms with van der Waals surface area (Å²) in [6.07, 6.45) is 7.83. The molecule has 1 saturated heterocycles. The Morgan fingerprint density at radius 3 is 2.85 bits per heavy atom. The van der Waals surface area contributed by atoms with E-state index in [1.165, 1.54) is 60.8 Å². The van der Waals surface area contributed by atoms with Gasteiger partial charge in [0.1, 0.15) is 0 Å². The first-order chi connectivity index (χ1) is 9.83. The summed E-state index contributed by atoms with van der Waals surface area (Å²) in [5.41, 5.74) is 1.41. The molecule has 1 atom stereocenters. The lowest BCUT2D eigenvalue weighted by atomic mass is 10.2. The van der Waals surface area contributed by atoms with Crippen molar-refractivity contribution in [3.05, 3.63) is 10.6 Å². The molecule has 1 N–H and O–H groups in total. The number of aromatic nitrogens is 1. The summed E-state index contributed by atoms with van der Waals surface area (Å²) in [4.78, 5) is 9.10. The van der Waals surface area contributed by atoms with Crippen LogP contribution >= 0.6 is 11.3 Å². The predicted octanol–water partition coefficient (Wildman–Crippen LogP) is 3.90. The van der Waals surface area contributed by atoms with Crippen LogP contribution in [0, 0.1) is 0 Å². The van der Waals surface area contributed by atoms with Gasteiger partial charge in [-0.25, -0.2) is 4.98 Å². The molecule has 2 heterocycles. The summed E-state index contributed by atoms with van der Waals surface area (Å²) < 4.78 is 0. The zero-order valence-electron chi connectivity index (χ0n) is 12.8. The van der Waals surface area contributed by atoms with Crippen LogP contribution in [-0.2, 0) is 6.54 Å². The summed E-state index contributed by atoms with van der Waals surface area (Å²) in [6.45, 7) is 7.86. The molecule has 1 saturated carbocycles. The molecule has 2 fully saturated rings. The van der Waals surface area contributed by atoms with E-state index in [-0.39, 0.29) is 0 Å². The highest BCUT2D eigenvalue weighted by Crippen LogP contribution is 2.45. The highest BCUT2D eigenvalue weighted by molar-refractivity contribution is 7.15. The minimum atomic E-state index is 0.727. The summed E-state index contributed by atoms with van der Waals surface area (Å²) in [6, 6.07) is 0.727. The fourth-order valence-electron chi connectivity index (χ4n) is 3.17. The second-order valence-electron chi connectivity index (χ2n) is 6.15. The van der Waals surface area contributed by atoms with Gasteiger partial charge in [0, 0.05) is 29.9 Å². The van der Waals surface area contributed by atoms with E-state index >= 15 is 0 Å². The van der Waals surface area contributed by atoms with Gasteiger partial charge in [-0.3, -0.25) is 0 Å². The number of thiazole rings is 1. The highest BCUT2D eigenvalue weighted by atomic mass is 32.1. The van der Waals surface area contributed by atoms with E-state index in [0.717, 1.165) is 25.0 Å². The van der Waals surface area contributed by atoms with Crippen molar-refractivity contribution in [3.63, 3.8) is 0 Å². The Balaban J connectivity index is 1.76. The highest BCUT2D eigenvalue weighted by Gasteiger charge is 2.32. The van der Waals surface area contributed by atoms with Crippen LogP contribution in [0.3, 0.4) is 0 Å². The molecule has 4 heteroatoms. The third kappa shape index (κ3) is 3.01. The molecule has 1 unspecified atom stereocenters. The van der Waals surface area contributed by atoms with Gasteiger partial charge in [0.2, 0.25) is 0 Å². The zero-order chi connectivity index (χ0) is 13.9. The Labute approximate surface area is 126 Å². The summed E-state index contributed by atoms with van der Waals surface area (Å²) in [5, 5.41) is 4.85. The van der Waals surface area contributed by atoms with E-state index in [1.807, 2.05) is 11.3 Å². The number of anilines is 1.